The fourth-order valence-electron chi connectivity index (χ4n) is 2.67. The largest absolute Gasteiger partial charge is 0.382 e. The Kier molecular flexibility index (Phi) is 4.73. The van der Waals surface area contributed by atoms with E-state index in [0.29, 0.717) is 6.04 Å². The number of nitrogens with one attached hydrogen (secondary N) is 1. The number of hydrogen-bond donors (Lipinski definition) is 1. The third-order valence-corrected chi connectivity index (χ3v) is 4.02. The van der Waals surface area contributed by atoms with Gasteiger partial charge in [-0.05, 0) is 36.0 Å². The number of piperidine rings is 1. The molecular formula is C18H26N2. The Labute approximate surface area is 123 Å². The lowest BCUT2D eigenvalue weighted by atomic mass is 9.87. The highest BCUT2D eigenvalue weighted by atomic mass is 15.1. The highest BCUT2D eigenvalue weighted by molar-refractivity contribution is 5.46. The molecule has 1 saturated heterocycles. The van der Waals surface area contributed by atoms with Crippen molar-refractivity contribution in [1.29, 1.82) is 0 Å². The minimum atomic E-state index is 0.221. The lowest BCUT2D eigenvalue weighted by Gasteiger charge is -2.31. The second-order valence-corrected chi connectivity index (χ2v) is 6.73. The molecule has 1 aromatic carbocycles. The van der Waals surface area contributed by atoms with E-state index >= 15 is 0 Å². The van der Waals surface area contributed by atoms with E-state index < -0.39 is 0 Å². The first-order valence-electron chi connectivity index (χ1n) is 7.52. The Bertz CT molecular complexity index is 454. The highest BCUT2D eigenvalue weighted by Crippen LogP contribution is 2.24. The van der Waals surface area contributed by atoms with Crippen LogP contribution >= 0.6 is 0 Å². The lowest BCUT2D eigenvalue weighted by molar-refractivity contribution is 0.243. The van der Waals surface area contributed by atoms with Crippen molar-refractivity contribution in [3.05, 3.63) is 29.8 Å². The number of rotatable bonds is 3. The first kappa shape index (κ1) is 14.9. The van der Waals surface area contributed by atoms with Crippen LogP contribution in [0.15, 0.2) is 24.3 Å². The zero-order valence-corrected chi connectivity index (χ0v) is 12.9. The zero-order valence-electron chi connectivity index (χ0n) is 12.9. The molecule has 1 fully saturated rings. The molecule has 0 aromatic heterocycles. The molecule has 0 aliphatic carbocycles. The van der Waals surface area contributed by atoms with Gasteiger partial charge in [0, 0.05) is 24.8 Å². The maximum Gasteiger partial charge on any atom is 0.0598 e. The van der Waals surface area contributed by atoms with E-state index in [-0.39, 0.29) is 5.41 Å². The molecule has 1 N–H and O–H groups in total. The van der Waals surface area contributed by atoms with Gasteiger partial charge in [0.25, 0.3) is 0 Å². The molecule has 1 heterocycles. The Balaban J connectivity index is 1.87. The van der Waals surface area contributed by atoms with E-state index in [9.17, 15) is 0 Å². The van der Waals surface area contributed by atoms with Gasteiger partial charge in [0.1, 0.15) is 0 Å². The molecule has 0 spiro atoms. The predicted octanol–water partition coefficient (Wildman–Crippen LogP) is 3.49. The number of benzene rings is 1. The van der Waals surface area contributed by atoms with Gasteiger partial charge >= 0.3 is 0 Å². The fourth-order valence-corrected chi connectivity index (χ4v) is 2.67. The second kappa shape index (κ2) is 6.33. The molecule has 2 heteroatoms. The number of likely N-dealkylation sites (tertiary alicyclic amines) is 1. The van der Waals surface area contributed by atoms with E-state index in [0.717, 1.165) is 19.6 Å². The molecule has 0 atom stereocenters. The third kappa shape index (κ3) is 4.02. The van der Waals surface area contributed by atoms with E-state index in [4.69, 9.17) is 6.42 Å². The summed E-state index contributed by atoms with van der Waals surface area (Å²) in [5.41, 5.74) is 2.83. The van der Waals surface area contributed by atoms with Crippen molar-refractivity contribution in [1.82, 2.24) is 4.90 Å². The molecule has 0 radical (unpaired) electrons. The lowest BCUT2D eigenvalue weighted by Crippen LogP contribution is -2.39. The smallest absolute Gasteiger partial charge is 0.0598 e. The molecule has 108 valence electrons. The molecule has 2 nitrogen and oxygen atoms in total. The molecular weight excluding hydrogens is 244 g/mol. The molecule has 0 amide bonds. The van der Waals surface area contributed by atoms with Gasteiger partial charge < -0.3 is 5.32 Å². The molecule has 1 aliphatic heterocycles. The summed E-state index contributed by atoms with van der Waals surface area (Å²) in [5, 5.41) is 3.64. The van der Waals surface area contributed by atoms with Gasteiger partial charge in [0.05, 0.1) is 6.54 Å². The summed E-state index contributed by atoms with van der Waals surface area (Å²) in [5.74, 6) is 2.73. The maximum atomic E-state index is 5.36. The van der Waals surface area contributed by atoms with Crippen LogP contribution in [0, 0.1) is 12.3 Å². The highest BCUT2D eigenvalue weighted by Gasteiger charge is 2.18. The normalized spacial score (nSPS) is 17.7. The summed E-state index contributed by atoms with van der Waals surface area (Å²) in [6, 6.07) is 9.44. The molecule has 1 aliphatic rings. The summed E-state index contributed by atoms with van der Waals surface area (Å²) in [6.07, 6.45) is 7.70. The Morgan fingerprint density at radius 1 is 1.20 bits per heavy atom. The second-order valence-electron chi connectivity index (χ2n) is 6.73. The summed E-state index contributed by atoms with van der Waals surface area (Å²) < 4.78 is 0. The van der Waals surface area contributed by atoms with Crippen LogP contribution in [0.4, 0.5) is 5.69 Å². The van der Waals surface area contributed by atoms with Gasteiger partial charge in [-0.25, -0.2) is 0 Å². The van der Waals surface area contributed by atoms with E-state index in [1.807, 2.05) is 0 Å². The van der Waals surface area contributed by atoms with Crippen molar-refractivity contribution >= 4 is 5.69 Å². The number of nitrogens with zero attached hydrogens (tertiary/aromatic N) is 1. The molecule has 0 saturated carbocycles. The Morgan fingerprint density at radius 3 is 2.30 bits per heavy atom. The van der Waals surface area contributed by atoms with Crippen molar-refractivity contribution < 1.29 is 0 Å². The third-order valence-electron chi connectivity index (χ3n) is 4.02. The fraction of sp³-hybridized carbons (Fsp3) is 0.556. The first-order chi connectivity index (χ1) is 9.49. The van der Waals surface area contributed by atoms with Crippen LogP contribution < -0.4 is 5.32 Å². The van der Waals surface area contributed by atoms with Gasteiger partial charge in [0.2, 0.25) is 0 Å². The van der Waals surface area contributed by atoms with Crippen molar-refractivity contribution in [2.45, 2.75) is 45.1 Å². The van der Waals surface area contributed by atoms with E-state index in [2.05, 4.69) is 61.2 Å². The zero-order chi connectivity index (χ0) is 14.6. The molecule has 0 bridgehead atoms. The van der Waals surface area contributed by atoms with Gasteiger partial charge in [-0.15, -0.1) is 6.42 Å². The van der Waals surface area contributed by atoms with Gasteiger partial charge in [-0.3, -0.25) is 4.90 Å². The molecule has 1 aromatic rings. The van der Waals surface area contributed by atoms with Gasteiger partial charge in [-0.1, -0.05) is 38.8 Å². The molecule has 0 unspecified atom stereocenters. The van der Waals surface area contributed by atoms with Crippen LogP contribution in [-0.4, -0.2) is 30.6 Å². The SMILES string of the molecule is C#CCN1CCC(Nc2ccc(C(C)(C)C)cc2)CC1. The predicted molar refractivity (Wildman–Crippen MR) is 87.1 cm³/mol. The minimum absolute atomic E-state index is 0.221. The average molecular weight is 270 g/mol. The van der Waals surface area contributed by atoms with Crippen LogP contribution in [0.3, 0.4) is 0 Å². The van der Waals surface area contributed by atoms with Crippen LogP contribution in [-0.2, 0) is 5.41 Å². The van der Waals surface area contributed by atoms with E-state index in [1.165, 1.54) is 24.1 Å². The van der Waals surface area contributed by atoms with Crippen molar-refractivity contribution in [2.24, 2.45) is 0 Å². The average Bonchev–Trinajstić information content (AvgIpc) is 2.41. The van der Waals surface area contributed by atoms with Gasteiger partial charge in [0.15, 0.2) is 0 Å². The van der Waals surface area contributed by atoms with Crippen molar-refractivity contribution in [3.63, 3.8) is 0 Å². The van der Waals surface area contributed by atoms with Crippen LogP contribution in [0.25, 0.3) is 0 Å². The summed E-state index contributed by atoms with van der Waals surface area (Å²) in [6.45, 7) is 9.72. The monoisotopic (exact) mass is 270 g/mol. The molecule has 2 rings (SSSR count). The first-order valence-corrected chi connectivity index (χ1v) is 7.52. The number of anilines is 1. The van der Waals surface area contributed by atoms with E-state index in [1.54, 1.807) is 0 Å². The topological polar surface area (TPSA) is 15.3 Å². The quantitative estimate of drug-likeness (QED) is 0.846. The Hall–Kier alpha value is -1.46. The number of hydrogen-bond acceptors (Lipinski definition) is 2. The number of terminal acetylenes is 1. The summed E-state index contributed by atoms with van der Waals surface area (Å²) in [4.78, 5) is 2.35. The standard InChI is InChI=1S/C18H26N2/c1-5-12-20-13-10-17(11-14-20)19-16-8-6-15(7-9-16)18(2,3)4/h1,6-9,17,19H,10-14H2,2-4H3. The van der Waals surface area contributed by atoms with Crippen LogP contribution in [0.5, 0.6) is 0 Å². The molecule has 20 heavy (non-hydrogen) atoms. The minimum Gasteiger partial charge on any atom is -0.382 e. The Morgan fingerprint density at radius 2 is 1.80 bits per heavy atom. The van der Waals surface area contributed by atoms with Crippen LogP contribution in [0.2, 0.25) is 0 Å². The summed E-state index contributed by atoms with van der Waals surface area (Å²) in [7, 11) is 0. The van der Waals surface area contributed by atoms with Crippen molar-refractivity contribution in [3.8, 4) is 12.3 Å². The van der Waals surface area contributed by atoms with Crippen molar-refractivity contribution in [2.75, 3.05) is 25.0 Å². The maximum absolute atomic E-state index is 5.36. The van der Waals surface area contributed by atoms with Gasteiger partial charge in [-0.2, -0.15) is 0 Å². The van der Waals surface area contributed by atoms with Crippen LogP contribution in [0.1, 0.15) is 39.2 Å². The summed E-state index contributed by atoms with van der Waals surface area (Å²) >= 11 is 0.